The van der Waals surface area contributed by atoms with Gasteiger partial charge in [0.1, 0.15) is 6.04 Å². The minimum absolute atomic E-state index is 0.128. The zero-order chi connectivity index (χ0) is 16.7. The molecular weight excluding hydrogens is 308 g/mol. The van der Waals surface area contributed by atoms with E-state index in [4.69, 9.17) is 16.2 Å². The lowest BCUT2D eigenvalue weighted by Crippen LogP contribution is -2.31. The highest BCUT2D eigenvalue weighted by molar-refractivity contribution is 7.15. The van der Waals surface area contributed by atoms with Gasteiger partial charge in [-0.2, -0.15) is 0 Å². The average molecular weight is 330 g/mol. The molecule has 122 valence electrons. The Morgan fingerprint density at radius 2 is 1.91 bits per heavy atom. The molecule has 2 atom stereocenters. The summed E-state index contributed by atoms with van der Waals surface area (Å²) >= 11 is 1.71. The normalized spacial score (nSPS) is 13.9. The van der Waals surface area contributed by atoms with E-state index >= 15 is 0 Å². The lowest BCUT2D eigenvalue weighted by Gasteiger charge is -2.07. The monoisotopic (exact) mass is 330 g/mol. The molecule has 4 nitrogen and oxygen atoms in total. The lowest BCUT2D eigenvalue weighted by atomic mass is 10.2. The molecule has 1 aromatic heterocycles. The van der Waals surface area contributed by atoms with Crippen LogP contribution in [0.4, 0.5) is 0 Å². The first kappa shape index (κ1) is 17.4. The number of benzene rings is 1. The van der Waals surface area contributed by atoms with Crippen LogP contribution < -0.4 is 11.5 Å². The number of esters is 1. The SMILES string of the molecule is CC(N)/C=C\C(N)C(=O)OCCc1ccc(-c2ccccc2)s1. The van der Waals surface area contributed by atoms with E-state index in [2.05, 4.69) is 24.3 Å². The molecule has 0 amide bonds. The number of hydrogen-bond acceptors (Lipinski definition) is 5. The van der Waals surface area contributed by atoms with Gasteiger partial charge in [-0.1, -0.05) is 42.5 Å². The number of carbonyl (C=O) groups excluding carboxylic acids is 1. The lowest BCUT2D eigenvalue weighted by molar-refractivity contribution is -0.143. The maximum atomic E-state index is 11.7. The highest BCUT2D eigenvalue weighted by Gasteiger charge is 2.12. The first-order valence-electron chi connectivity index (χ1n) is 7.56. The van der Waals surface area contributed by atoms with Crippen molar-refractivity contribution < 1.29 is 9.53 Å². The van der Waals surface area contributed by atoms with Gasteiger partial charge in [0, 0.05) is 22.2 Å². The second-order valence-electron chi connectivity index (χ2n) is 5.32. The van der Waals surface area contributed by atoms with Crippen LogP contribution in [0.25, 0.3) is 10.4 Å². The third kappa shape index (κ3) is 5.63. The van der Waals surface area contributed by atoms with Gasteiger partial charge in [0.05, 0.1) is 6.61 Å². The van der Waals surface area contributed by atoms with E-state index in [0.717, 1.165) is 0 Å². The zero-order valence-electron chi connectivity index (χ0n) is 13.1. The van der Waals surface area contributed by atoms with Gasteiger partial charge < -0.3 is 16.2 Å². The highest BCUT2D eigenvalue weighted by atomic mass is 32.1. The van der Waals surface area contributed by atoms with Crippen LogP contribution in [0.2, 0.25) is 0 Å². The predicted octanol–water partition coefficient (Wildman–Crippen LogP) is 2.73. The Morgan fingerprint density at radius 1 is 1.17 bits per heavy atom. The third-order valence-electron chi connectivity index (χ3n) is 3.21. The first-order chi connectivity index (χ1) is 11.1. The molecule has 0 fully saturated rings. The Hall–Kier alpha value is -1.95. The van der Waals surface area contributed by atoms with E-state index < -0.39 is 12.0 Å². The van der Waals surface area contributed by atoms with Crippen LogP contribution in [0, 0.1) is 0 Å². The molecule has 23 heavy (non-hydrogen) atoms. The van der Waals surface area contributed by atoms with E-state index in [9.17, 15) is 4.79 Å². The van der Waals surface area contributed by atoms with Gasteiger partial charge >= 0.3 is 5.97 Å². The van der Waals surface area contributed by atoms with E-state index in [1.54, 1.807) is 23.5 Å². The van der Waals surface area contributed by atoms with Crippen molar-refractivity contribution in [1.82, 2.24) is 0 Å². The van der Waals surface area contributed by atoms with Gasteiger partial charge in [0.15, 0.2) is 0 Å². The molecule has 0 aliphatic heterocycles. The fourth-order valence-electron chi connectivity index (χ4n) is 1.99. The molecule has 4 N–H and O–H groups in total. The Balaban J connectivity index is 1.81. The summed E-state index contributed by atoms with van der Waals surface area (Å²) < 4.78 is 5.21. The summed E-state index contributed by atoms with van der Waals surface area (Å²) in [7, 11) is 0. The van der Waals surface area contributed by atoms with Crippen molar-refractivity contribution in [2.75, 3.05) is 6.61 Å². The van der Waals surface area contributed by atoms with Gasteiger partial charge in [-0.3, -0.25) is 4.79 Å². The number of thiophene rings is 1. The molecule has 2 rings (SSSR count). The van der Waals surface area contributed by atoms with Gasteiger partial charge in [-0.15, -0.1) is 11.3 Å². The molecule has 1 aromatic carbocycles. The largest absolute Gasteiger partial charge is 0.464 e. The molecule has 0 bridgehead atoms. The van der Waals surface area contributed by atoms with Crippen molar-refractivity contribution in [1.29, 1.82) is 0 Å². The molecule has 0 aliphatic rings. The van der Waals surface area contributed by atoms with Crippen LogP contribution in [-0.2, 0) is 16.0 Å². The number of nitrogens with two attached hydrogens (primary N) is 2. The fourth-order valence-corrected chi connectivity index (χ4v) is 2.99. The maximum absolute atomic E-state index is 11.7. The predicted molar refractivity (Wildman–Crippen MR) is 95.2 cm³/mol. The van der Waals surface area contributed by atoms with E-state index in [1.165, 1.54) is 15.3 Å². The Labute approximate surface area is 140 Å². The summed E-state index contributed by atoms with van der Waals surface area (Å²) in [5.74, 6) is -0.429. The van der Waals surface area contributed by atoms with Crippen molar-refractivity contribution in [3.63, 3.8) is 0 Å². The standard InChI is InChI=1S/C18H22N2O2S/c1-13(19)7-9-16(20)18(21)22-12-11-15-8-10-17(23-15)14-5-3-2-4-6-14/h2-10,13,16H,11-12,19-20H2,1H3/b9-7-. The Bertz CT molecular complexity index is 650. The zero-order valence-corrected chi connectivity index (χ0v) is 14.0. The summed E-state index contributed by atoms with van der Waals surface area (Å²) in [4.78, 5) is 14.1. The van der Waals surface area contributed by atoms with E-state index in [-0.39, 0.29) is 6.04 Å². The molecule has 5 heteroatoms. The minimum Gasteiger partial charge on any atom is -0.464 e. The number of ether oxygens (including phenoxy) is 1. The molecule has 0 saturated heterocycles. The smallest absolute Gasteiger partial charge is 0.326 e. The minimum atomic E-state index is -0.760. The van der Waals surface area contributed by atoms with Crippen LogP contribution in [-0.4, -0.2) is 24.7 Å². The fraction of sp³-hybridized carbons (Fsp3) is 0.278. The summed E-state index contributed by atoms with van der Waals surface area (Å²) in [5.41, 5.74) is 12.5. The topological polar surface area (TPSA) is 78.3 Å². The number of rotatable bonds is 7. The van der Waals surface area contributed by atoms with Crippen LogP contribution in [0.15, 0.2) is 54.6 Å². The van der Waals surface area contributed by atoms with E-state index in [1.807, 2.05) is 25.1 Å². The molecule has 0 saturated carbocycles. The highest BCUT2D eigenvalue weighted by Crippen LogP contribution is 2.28. The van der Waals surface area contributed by atoms with E-state index in [0.29, 0.717) is 13.0 Å². The van der Waals surface area contributed by atoms with Crippen molar-refractivity contribution >= 4 is 17.3 Å². The Kier molecular flexibility index (Phi) is 6.52. The van der Waals surface area contributed by atoms with Gasteiger partial charge in [0.2, 0.25) is 0 Å². The molecule has 0 radical (unpaired) electrons. The van der Waals surface area contributed by atoms with Crippen molar-refractivity contribution in [3.05, 3.63) is 59.5 Å². The maximum Gasteiger partial charge on any atom is 0.326 e. The van der Waals surface area contributed by atoms with Crippen LogP contribution in [0.1, 0.15) is 11.8 Å². The van der Waals surface area contributed by atoms with Gasteiger partial charge in [0.25, 0.3) is 0 Å². The second kappa shape index (κ2) is 8.62. The molecule has 0 spiro atoms. The average Bonchev–Trinajstić information content (AvgIpc) is 3.02. The summed E-state index contributed by atoms with van der Waals surface area (Å²) in [6.45, 7) is 2.14. The number of hydrogen-bond donors (Lipinski definition) is 2. The third-order valence-corrected chi connectivity index (χ3v) is 4.40. The summed E-state index contributed by atoms with van der Waals surface area (Å²) in [5, 5.41) is 0. The summed E-state index contributed by atoms with van der Waals surface area (Å²) in [6.07, 6.45) is 3.95. The molecular formula is C18H22N2O2S. The second-order valence-corrected chi connectivity index (χ2v) is 6.49. The van der Waals surface area contributed by atoms with Crippen molar-refractivity contribution in [3.8, 4) is 10.4 Å². The Morgan fingerprint density at radius 3 is 2.61 bits per heavy atom. The first-order valence-corrected chi connectivity index (χ1v) is 8.38. The van der Waals surface area contributed by atoms with Crippen LogP contribution in [0.5, 0.6) is 0 Å². The quantitative estimate of drug-likeness (QED) is 0.604. The summed E-state index contributed by atoms with van der Waals surface area (Å²) in [6, 6.07) is 13.5. The van der Waals surface area contributed by atoms with Crippen LogP contribution >= 0.6 is 11.3 Å². The van der Waals surface area contributed by atoms with Crippen molar-refractivity contribution in [2.45, 2.75) is 25.4 Å². The molecule has 1 heterocycles. The number of carbonyl (C=O) groups is 1. The molecule has 2 unspecified atom stereocenters. The molecule has 0 aliphatic carbocycles. The molecule has 2 aromatic rings. The van der Waals surface area contributed by atoms with Crippen molar-refractivity contribution in [2.24, 2.45) is 11.5 Å². The van der Waals surface area contributed by atoms with Gasteiger partial charge in [-0.05, 0) is 24.6 Å². The van der Waals surface area contributed by atoms with Crippen LogP contribution in [0.3, 0.4) is 0 Å². The van der Waals surface area contributed by atoms with Gasteiger partial charge in [-0.25, -0.2) is 0 Å².